The van der Waals surface area contributed by atoms with E-state index in [1.807, 2.05) is 0 Å². The van der Waals surface area contributed by atoms with Gasteiger partial charge in [0.25, 0.3) is 0 Å². The van der Waals surface area contributed by atoms with Crippen molar-refractivity contribution in [1.29, 1.82) is 0 Å². The van der Waals surface area contributed by atoms with Crippen molar-refractivity contribution >= 4 is 5.91 Å². The summed E-state index contributed by atoms with van der Waals surface area (Å²) in [5, 5.41) is 150. The number of aliphatic hydroxyl groups excluding tert-OH is 14. The summed E-state index contributed by atoms with van der Waals surface area (Å²) in [6, 6.07) is -1.64. The lowest BCUT2D eigenvalue weighted by molar-refractivity contribution is -0.390. The van der Waals surface area contributed by atoms with E-state index in [0.29, 0.717) is 0 Å². The van der Waals surface area contributed by atoms with Crippen LogP contribution in [0, 0.1) is 0 Å². The summed E-state index contributed by atoms with van der Waals surface area (Å²) in [4.78, 5) is 12.3. The largest absolute Gasteiger partial charge is 0.394 e. The van der Waals surface area contributed by atoms with Crippen molar-refractivity contribution in [1.82, 2.24) is 5.32 Å². The molecule has 5 fully saturated rings. The highest BCUT2D eigenvalue weighted by atomic mass is 16.8. The number of carbonyl (C=O) groups excluding carboxylic acids is 1. The molecule has 5 aliphatic rings. The van der Waals surface area contributed by atoms with E-state index in [9.17, 15) is 76.3 Å². The van der Waals surface area contributed by atoms with E-state index in [2.05, 4.69) is 5.32 Å². The van der Waals surface area contributed by atoms with Crippen molar-refractivity contribution < 1.29 is 119 Å². The van der Waals surface area contributed by atoms with Gasteiger partial charge in [-0.2, -0.15) is 0 Å². The summed E-state index contributed by atoms with van der Waals surface area (Å²) in [7, 11) is 0. The van der Waals surface area contributed by atoms with Crippen LogP contribution in [0.25, 0.3) is 0 Å². The van der Waals surface area contributed by atoms with E-state index in [1.54, 1.807) is 0 Å². The lowest BCUT2D eigenvalue weighted by atomic mass is 9.94. The minimum Gasteiger partial charge on any atom is -0.394 e. The predicted octanol–water partition coefficient (Wildman–Crippen LogP) is -9.73. The molecule has 0 aromatic carbocycles. The van der Waals surface area contributed by atoms with Crippen LogP contribution in [0.1, 0.15) is 20.8 Å². The first-order valence-corrected chi connectivity index (χ1v) is 18.3. The van der Waals surface area contributed by atoms with Crippen LogP contribution in [0.2, 0.25) is 0 Å². The number of rotatable bonds is 12. The Hall–Kier alpha value is -1.45. The highest BCUT2D eigenvalue weighted by molar-refractivity contribution is 5.73. The molecular weight excluding hydrogens is 782 g/mol. The van der Waals surface area contributed by atoms with Crippen molar-refractivity contribution in [2.75, 3.05) is 19.8 Å². The number of aliphatic hydroxyl groups is 14. The SMILES string of the molecule is CC(=O)N[C@H]1[C@H](O[C@H]2[C@@H](O)[C@@H](CO)O[C@@H](O[C@H]3[C@H](O[C@@H]4O[C@@H](C)[C@@H](O)[C@@H](O)[C@@H]4O)[C@@H](O)[C@H](O)O[C@@H]3C)[C@@H]2O)O[C@H](CO)[C@@H](O[C@@H]2O[C@H](CO)[C@H](O)[C@H](O)[C@H]2O)[C@@H]1O. The molecule has 5 aliphatic heterocycles. The Balaban J connectivity index is 1.37. The standard InChI is InChI=1S/C32H55NO24/c1-7-14(38)18(42)20(44)30(50-7)57-27-22(46)28(48)49-8(2)24(27)54-32-23(47)26(16(40)11(5-35)52-32)56-29-13(33-9(3)37)17(41)25(12(6-36)53-29)55-31-21(45)19(43)15(39)10(4-34)51-31/h7-8,10-32,34-36,38-48H,4-6H2,1-3H3,(H,33,37)/t7-,8+,10+,11+,12+,13+,14+,15-,16-,17+,18+,19-,20-,21+,22+,23+,24+,25+,26-,27+,28+,29-,30-,31-,32-/m0/s1. The quantitative estimate of drug-likeness (QED) is 0.0867. The Morgan fingerprint density at radius 2 is 0.930 bits per heavy atom. The molecule has 332 valence electrons. The zero-order chi connectivity index (χ0) is 42.2. The molecule has 0 saturated carbocycles. The van der Waals surface area contributed by atoms with E-state index in [-0.39, 0.29) is 0 Å². The average Bonchev–Trinajstić information content (AvgIpc) is 3.17. The van der Waals surface area contributed by atoms with Gasteiger partial charge >= 0.3 is 0 Å². The van der Waals surface area contributed by atoms with E-state index >= 15 is 0 Å². The molecule has 0 unspecified atom stereocenters. The summed E-state index contributed by atoms with van der Waals surface area (Å²) in [6.45, 7) is 1.13. The fraction of sp³-hybridized carbons (Fsp3) is 0.969. The Bertz CT molecular complexity index is 1290. The van der Waals surface area contributed by atoms with Crippen molar-refractivity contribution in [3.63, 3.8) is 0 Å². The van der Waals surface area contributed by atoms with Crippen LogP contribution in [0.5, 0.6) is 0 Å². The second kappa shape index (κ2) is 19.5. The number of nitrogens with one attached hydrogen (secondary N) is 1. The van der Waals surface area contributed by atoms with E-state index in [4.69, 9.17) is 42.6 Å². The van der Waals surface area contributed by atoms with Crippen LogP contribution >= 0.6 is 0 Å². The third kappa shape index (κ3) is 9.71. The van der Waals surface area contributed by atoms with Gasteiger partial charge in [-0.25, -0.2) is 0 Å². The predicted molar refractivity (Wildman–Crippen MR) is 175 cm³/mol. The first kappa shape index (κ1) is 46.6. The van der Waals surface area contributed by atoms with Crippen LogP contribution in [0.3, 0.4) is 0 Å². The van der Waals surface area contributed by atoms with Crippen LogP contribution in [0.15, 0.2) is 0 Å². The lowest BCUT2D eigenvalue weighted by Crippen LogP contribution is -2.70. The Morgan fingerprint density at radius 3 is 1.51 bits per heavy atom. The van der Waals surface area contributed by atoms with Gasteiger partial charge in [0.2, 0.25) is 5.91 Å². The van der Waals surface area contributed by atoms with Crippen molar-refractivity contribution in [3.8, 4) is 0 Å². The fourth-order valence-corrected chi connectivity index (χ4v) is 7.34. The first-order chi connectivity index (χ1) is 26.8. The van der Waals surface area contributed by atoms with Crippen LogP contribution in [0.4, 0.5) is 0 Å². The number of hydrogen-bond donors (Lipinski definition) is 15. The number of ether oxygens (including phenoxy) is 9. The zero-order valence-electron chi connectivity index (χ0n) is 30.9. The molecule has 0 aromatic heterocycles. The maximum atomic E-state index is 12.3. The monoisotopic (exact) mass is 837 g/mol. The average molecular weight is 838 g/mol. The Labute approximate surface area is 324 Å². The van der Waals surface area contributed by atoms with E-state index in [1.165, 1.54) is 13.8 Å². The molecule has 5 heterocycles. The molecule has 5 saturated heterocycles. The van der Waals surface area contributed by atoms with Gasteiger partial charge in [0, 0.05) is 6.92 Å². The van der Waals surface area contributed by atoms with Crippen LogP contribution < -0.4 is 5.32 Å². The second-order valence-electron chi connectivity index (χ2n) is 14.7. The topological polar surface area (TPSA) is 395 Å². The van der Waals surface area contributed by atoms with Gasteiger partial charge in [-0.15, -0.1) is 0 Å². The van der Waals surface area contributed by atoms with E-state index in [0.717, 1.165) is 6.92 Å². The number of amides is 1. The fourth-order valence-electron chi connectivity index (χ4n) is 7.34. The van der Waals surface area contributed by atoms with Crippen molar-refractivity contribution in [3.05, 3.63) is 0 Å². The van der Waals surface area contributed by atoms with Crippen molar-refractivity contribution in [2.24, 2.45) is 0 Å². The van der Waals surface area contributed by atoms with Gasteiger partial charge < -0.3 is 119 Å². The first-order valence-electron chi connectivity index (χ1n) is 18.3. The molecule has 5 rings (SSSR count). The Morgan fingerprint density at radius 1 is 0.456 bits per heavy atom. The minimum absolute atomic E-state index is 0.769. The van der Waals surface area contributed by atoms with Crippen LogP contribution in [-0.2, 0) is 47.4 Å². The maximum Gasteiger partial charge on any atom is 0.217 e. The lowest BCUT2D eigenvalue weighted by Gasteiger charge is -2.50. The number of hydrogen-bond acceptors (Lipinski definition) is 24. The zero-order valence-corrected chi connectivity index (χ0v) is 30.9. The highest BCUT2D eigenvalue weighted by Gasteiger charge is 2.56. The smallest absolute Gasteiger partial charge is 0.217 e. The third-order valence-corrected chi connectivity index (χ3v) is 10.6. The molecule has 25 heteroatoms. The van der Waals surface area contributed by atoms with Gasteiger partial charge in [-0.3, -0.25) is 4.79 Å². The van der Waals surface area contributed by atoms with Crippen LogP contribution in [-0.4, -0.2) is 251 Å². The van der Waals surface area contributed by atoms with Gasteiger partial charge in [0.1, 0.15) is 110 Å². The molecule has 0 aromatic rings. The molecule has 0 aliphatic carbocycles. The van der Waals surface area contributed by atoms with Crippen molar-refractivity contribution in [2.45, 2.75) is 174 Å². The molecular formula is C32H55NO24. The summed E-state index contributed by atoms with van der Waals surface area (Å²) >= 11 is 0. The summed E-state index contributed by atoms with van der Waals surface area (Å²) in [5.41, 5.74) is 0. The molecule has 25 nitrogen and oxygen atoms in total. The van der Waals surface area contributed by atoms with Gasteiger partial charge in [0.05, 0.1) is 32.0 Å². The van der Waals surface area contributed by atoms with Gasteiger partial charge in [-0.1, -0.05) is 0 Å². The molecule has 0 bridgehead atoms. The van der Waals surface area contributed by atoms with Gasteiger partial charge in [0.15, 0.2) is 31.5 Å². The summed E-state index contributed by atoms with van der Waals surface area (Å²) < 4.78 is 51.0. The molecule has 57 heavy (non-hydrogen) atoms. The molecule has 0 radical (unpaired) electrons. The molecule has 25 atom stereocenters. The van der Waals surface area contributed by atoms with E-state index < -0.39 is 179 Å². The molecule has 1 amide bonds. The summed E-state index contributed by atoms with van der Waals surface area (Å²) in [6.07, 6.45) is -41.1. The minimum atomic E-state index is -2.05. The van der Waals surface area contributed by atoms with Gasteiger partial charge in [-0.05, 0) is 13.8 Å². The molecule has 0 spiro atoms. The second-order valence-corrected chi connectivity index (χ2v) is 14.7. The molecule has 15 N–H and O–H groups in total. The number of carbonyl (C=O) groups is 1. The third-order valence-electron chi connectivity index (χ3n) is 10.6. The highest BCUT2D eigenvalue weighted by Crippen LogP contribution is 2.36. The maximum absolute atomic E-state index is 12.3. The summed E-state index contributed by atoms with van der Waals surface area (Å²) in [5.74, 6) is -0.769. The Kier molecular flexibility index (Phi) is 16.0. The normalized spacial score (nSPS) is 52.3.